The highest BCUT2D eigenvalue weighted by molar-refractivity contribution is 4.95. The first kappa shape index (κ1) is 29.0. The predicted molar refractivity (Wildman–Crippen MR) is 133 cm³/mol. The van der Waals surface area contributed by atoms with E-state index in [0.29, 0.717) is 22.7 Å². The van der Waals surface area contributed by atoms with Gasteiger partial charge in [0, 0.05) is 0 Å². The molecule has 1 heteroatoms. The first-order valence-electron chi connectivity index (χ1n) is 12.1. The van der Waals surface area contributed by atoms with E-state index in [0.717, 1.165) is 0 Å². The second kappa shape index (κ2) is 9.22. The molecule has 0 aliphatic rings. The monoisotopic (exact) mass is 410 g/mol. The van der Waals surface area contributed by atoms with Gasteiger partial charge >= 0.3 is 0 Å². The van der Waals surface area contributed by atoms with Crippen LogP contribution < -0.4 is 0 Å². The van der Waals surface area contributed by atoms with Crippen molar-refractivity contribution in [3.8, 4) is 0 Å². The molecule has 0 aliphatic heterocycles. The third-order valence-electron chi connectivity index (χ3n) is 6.66. The van der Waals surface area contributed by atoms with Crippen molar-refractivity contribution in [3.63, 3.8) is 0 Å². The SMILES string of the molecule is CC(C)(C)CCC(C(C)(C)C)C(C)(C)OC(C)(C)C(CCC(C)(C)C)C(C)(C)C. The van der Waals surface area contributed by atoms with Crippen molar-refractivity contribution < 1.29 is 4.74 Å². The van der Waals surface area contributed by atoms with Gasteiger partial charge in [0.1, 0.15) is 0 Å². The Bertz CT molecular complexity index is 436. The summed E-state index contributed by atoms with van der Waals surface area (Å²) in [5.41, 5.74) is 0.808. The van der Waals surface area contributed by atoms with Crippen LogP contribution in [0.4, 0.5) is 0 Å². The van der Waals surface area contributed by atoms with E-state index in [1.54, 1.807) is 0 Å². The molecule has 0 bridgehead atoms. The van der Waals surface area contributed by atoms with E-state index in [-0.39, 0.29) is 22.0 Å². The molecule has 0 radical (unpaired) electrons. The highest BCUT2D eigenvalue weighted by Gasteiger charge is 2.46. The summed E-state index contributed by atoms with van der Waals surface area (Å²) in [5, 5.41) is 0. The van der Waals surface area contributed by atoms with Crippen LogP contribution in [0.25, 0.3) is 0 Å². The molecule has 0 aromatic rings. The van der Waals surface area contributed by atoms with Crippen LogP contribution >= 0.6 is 0 Å². The number of hydrogen-bond donors (Lipinski definition) is 0. The van der Waals surface area contributed by atoms with Crippen LogP contribution in [-0.2, 0) is 4.74 Å². The molecular weight excluding hydrogens is 352 g/mol. The Balaban J connectivity index is 5.76. The van der Waals surface area contributed by atoms with Crippen LogP contribution in [0.3, 0.4) is 0 Å². The summed E-state index contributed by atoms with van der Waals surface area (Å²) in [6.45, 7) is 37.8. The summed E-state index contributed by atoms with van der Waals surface area (Å²) < 4.78 is 7.13. The molecule has 0 aromatic carbocycles. The van der Waals surface area contributed by atoms with Gasteiger partial charge in [-0.2, -0.15) is 0 Å². The lowest BCUT2D eigenvalue weighted by Crippen LogP contribution is -2.52. The summed E-state index contributed by atoms with van der Waals surface area (Å²) in [5.74, 6) is 1.02. The maximum atomic E-state index is 7.13. The standard InChI is InChI=1S/C28H58O/c1-23(2,3)19-17-21(25(7,8)9)27(13,14)29-28(15,16)22(26(10,11)12)18-20-24(4,5)6/h21-22H,17-20H2,1-16H3. The fourth-order valence-corrected chi connectivity index (χ4v) is 5.62. The van der Waals surface area contributed by atoms with E-state index < -0.39 is 0 Å². The smallest absolute Gasteiger partial charge is 0.0666 e. The average molecular weight is 411 g/mol. The zero-order chi connectivity index (χ0) is 23.7. The minimum atomic E-state index is -0.168. The van der Waals surface area contributed by atoms with Crippen molar-refractivity contribution in [2.45, 2.75) is 148 Å². The highest BCUT2D eigenvalue weighted by Crippen LogP contribution is 2.48. The second-order valence-electron chi connectivity index (χ2n) is 15.3. The molecule has 0 amide bonds. The second-order valence-corrected chi connectivity index (χ2v) is 15.3. The molecule has 0 aliphatic carbocycles. The molecule has 176 valence electrons. The summed E-state index contributed by atoms with van der Waals surface area (Å²) >= 11 is 0. The van der Waals surface area contributed by atoms with Gasteiger partial charge in [0.2, 0.25) is 0 Å². The maximum Gasteiger partial charge on any atom is 0.0666 e. The molecule has 0 rings (SSSR count). The lowest BCUT2D eigenvalue weighted by atomic mass is 9.65. The Labute approximate surface area is 186 Å². The lowest BCUT2D eigenvalue weighted by molar-refractivity contribution is -0.205. The van der Waals surface area contributed by atoms with Gasteiger partial charge in [-0.1, -0.05) is 83.1 Å². The molecule has 0 fully saturated rings. The first-order chi connectivity index (χ1) is 12.4. The van der Waals surface area contributed by atoms with E-state index in [4.69, 9.17) is 4.74 Å². The third-order valence-corrected chi connectivity index (χ3v) is 6.66. The molecule has 0 saturated carbocycles. The van der Waals surface area contributed by atoms with Crippen molar-refractivity contribution in [2.24, 2.45) is 33.5 Å². The maximum absolute atomic E-state index is 7.13. The molecule has 29 heavy (non-hydrogen) atoms. The molecule has 2 atom stereocenters. The average Bonchev–Trinajstić information content (AvgIpc) is 2.29. The zero-order valence-electron chi connectivity index (χ0n) is 23.4. The number of ether oxygens (including phenoxy) is 1. The van der Waals surface area contributed by atoms with Gasteiger partial charge in [0.15, 0.2) is 0 Å². The van der Waals surface area contributed by atoms with Crippen LogP contribution in [0.1, 0.15) is 136 Å². The van der Waals surface area contributed by atoms with Crippen molar-refractivity contribution in [3.05, 3.63) is 0 Å². The van der Waals surface area contributed by atoms with Gasteiger partial charge in [-0.15, -0.1) is 0 Å². The number of hydrogen-bond acceptors (Lipinski definition) is 1. The molecule has 0 aromatic heterocycles. The largest absolute Gasteiger partial charge is 0.369 e. The zero-order valence-corrected chi connectivity index (χ0v) is 23.4. The third kappa shape index (κ3) is 10.7. The van der Waals surface area contributed by atoms with Crippen LogP contribution in [0.5, 0.6) is 0 Å². The molecule has 0 heterocycles. The van der Waals surface area contributed by atoms with Gasteiger partial charge in [-0.25, -0.2) is 0 Å². The molecule has 0 N–H and O–H groups in total. The first-order valence-corrected chi connectivity index (χ1v) is 12.1. The summed E-state index contributed by atoms with van der Waals surface area (Å²) in [4.78, 5) is 0. The molecule has 2 unspecified atom stereocenters. The molecule has 1 nitrogen and oxygen atoms in total. The lowest BCUT2D eigenvalue weighted by Gasteiger charge is -2.51. The Morgan fingerprint density at radius 2 is 0.690 bits per heavy atom. The quantitative estimate of drug-likeness (QED) is 0.387. The highest BCUT2D eigenvalue weighted by atomic mass is 16.5. The van der Waals surface area contributed by atoms with E-state index in [9.17, 15) is 0 Å². The summed E-state index contributed by atoms with van der Waals surface area (Å²) in [7, 11) is 0. The fraction of sp³-hybridized carbons (Fsp3) is 1.00. The summed E-state index contributed by atoms with van der Waals surface area (Å²) in [6.07, 6.45) is 4.88. The van der Waals surface area contributed by atoms with Crippen molar-refractivity contribution in [2.75, 3.05) is 0 Å². The minimum Gasteiger partial charge on any atom is -0.369 e. The van der Waals surface area contributed by atoms with Crippen molar-refractivity contribution in [1.29, 1.82) is 0 Å². The van der Waals surface area contributed by atoms with Gasteiger partial charge < -0.3 is 4.74 Å². The van der Waals surface area contributed by atoms with E-state index in [1.807, 2.05) is 0 Å². The Morgan fingerprint density at radius 1 is 0.448 bits per heavy atom. The van der Waals surface area contributed by atoms with Crippen molar-refractivity contribution >= 4 is 0 Å². The van der Waals surface area contributed by atoms with Gasteiger partial charge in [-0.3, -0.25) is 0 Å². The molecule has 0 spiro atoms. The normalized spacial score (nSPS) is 17.4. The molecular formula is C28H58O. The van der Waals surface area contributed by atoms with Gasteiger partial charge in [-0.05, 0) is 86.9 Å². The predicted octanol–water partition coefficient (Wildman–Crippen LogP) is 9.54. The molecule has 0 saturated heterocycles. The van der Waals surface area contributed by atoms with Crippen LogP contribution in [0, 0.1) is 33.5 Å². The van der Waals surface area contributed by atoms with Gasteiger partial charge in [0.25, 0.3) is 0 Å². The van der Waals surface area contributed by atoms with E-state index in [1.165, 1.54) is 25.7 Å². The van der Waals surface area contributed by atoms with Crippen LogP contribution in [0.2, 0.25) is 0 Å². The van der Waals surface area contributed by atoms with E-state index in [2.05, 4.69) is 111 Å². The van der Waals surface area contributed by atoms with Crippen LogP contribution in [0.15, 0.2) is 0 Å². The fourth-order valence-electron chi connectivity index (χ4n) is 5.62. The Hall–Kier alpha value is -0.0400. The Kier molecular flexibility index (Phi) is 9.20. The number of rotatable bonds is 8. The van der Waals surface area contributed by atoms with Crippen molar-refractivity contribution in [1.82, 2.24) is 0 Å². The van der Waals surface area contributed by atoms with E-state index >= 15 is 0 Å². The Morgan fingerprint density at radius 3 is 0.862 bits per heavy atom. The summed E-state index contributed by atoms with van der Waals surface area (Å²) in [6, 6.07) is 0. The van der Waals surface area contributed by atoms with Crippen LogP contribution in [-0.4, -0.2) is 11.2 Å². The topological polar surface area (TPSA) is 9.23 Å². The minimum absolute atomic E-state index is 0.168. The van der Waals surface area contributed by atoms with Gasteiger partial charge in [0.05, 0.1) is 11.2 Å².